The fraction of sp³-hybridized carbons (Fsp3) is 0.556. The molecule has 1 fully saturated rings. The number of nitrogen functional groups attached to an aromatic ring is 1. The third-order valence-corrected chi connectivity index (χ3v) is 4.81. The molecule has 0 bridgehead atoms. The molecule has 1 saturated heterocycles. The zero-order chi connectivity index (χ0) is 21.0. The number of carbonyl (C=O) groups excluding carboxylic acids is 1. The van der Waals surface area contributed by atoms with E-state index < -0.39 is 24.5 Å². The van der Waals surface area contributed by atoms with Gasteiger partial charge in [-0.25, -0.2) is 15.0 Å². The van der Waals surface area contributed by atoms with Gasteiger partial charge in [-0.2, -0.15) is 0 Å². The van der Waals surface area contributed by atoms with Gasteiger partial charge in [0.25, 0.3) is 0 Å². The van der Waals surface area contributed by atoms with E-state index in [1.807, 2.05) is 24.1 Å². The van der Waals surface area contributed by atoms with Crippen molar-refractivity contribution in [1.82, 2.24) is 29.7 Å². The van der Waals surface area contributed by atoms with Crippen LogP contribution in [0, 0.1) is 0 Å². The number of aromatic nitrogens is 4. The minimum absolute atomic E-state index is 0.00423. The lowest BCUT2D eigenvalue weighted by atomic mass is 10.1. The number of hydrogen-bond donors (Lipinski definition) is 4. The fourth-order valence-electron chi connectivity index (χ4n) is 3.18. The summed E-state index contributed by atoms with van der Waals surface area (Å²) >= 11 is 0. The molecule has 0 aromatic carbocycles. The molecule has 1 amide bonds. The third kappa shape index (κ3) is 4.70. The first kappa shape index (κ1) is 21.1. The quantitative estimate of drug-likeness (QED) is 0.407. The number of anilines is 1. The number of aliphatic hydroxyl groups is 2. The second-order valence-corrected chi connectivity index (χ2v) is 6.98. The molecule has 0 saturated carbocycles. The average Bonchev–Trinajstić information content (AvgIpc) is 3.25. The number of fused-ring (bicyclic) bond motifs is 1. The molecule has 0 spiro atoms. The Hall–Kier alpha value is -2.60. The largest absolute Gasteiger partial charge is 0.387 e. The molecule has 0 radical (unpaired) electrons. The van der Waals surface area contributed by atoms with Crippen LogP contribution >= 0.6 is 0 Å². The summed E-state index contributed by atoms with van der Waals surface area (Å²) in [6, 6.07) is 0. The first-order chi connectivity index (χ1) is 13.9. The lowest BCUT2D eigenvalue weighted by molar-refractivity contribution is -0.120. The van der Waals surface area contributed by atoms with Crippen molar-refractivity contribution in [3.63, 3.8) is 0 Å². The Labute approximate surface area is 168 Å². The van der Waals surface area contributed by atoms with Gasteiger partial charge in [0.05, 0.1) is 6.33 Å². The number of carbonyl (C=O) groups is 1. The highest BCUT2D eigenvalue weighted by molar-refractivity contribution is 5.81. The number of nitrogens with one attached hydrogen (secondary N) is 1. The molecular weight excluding hydrogens is 378 g/mol. The summed E-state index contributed by atoms with van der Waals surface area (Å²) in [5, 5.41) is 23.7. The summed E-state index contributed by atoms with van der Waals surface area (Å²) in [4.78, 5) is 25.4. The highest BCUT2D eigenvalue weighted by Crippen LogP contribution is 2.32. The Balaban J connectivity index is 1.58. The van der Waals surface area contributed by atoms with E-state index in [-0.39, 0.29) is 11.7 Å². The highest BCUT2D eigenvalue weighted by atomic mass is 16.6. The van der Waals surface area contributed by atoms with Crippen LogP contribution in [0.25, 0.3) is 11.2 Å². The lowest BCUT2D eigenvalue weighted by Gasteiger charge is -2.21. The molecule has 1 aliphatic heterocycles. The van der Waals surface area contributed by atoms with Crippen molar-refractivity contribution in [2.24, 2.45) is 0 Å². The minimum atomic E-state index is -1.14. The van der Waals surface area contributed by atoms with Gasteiger partial charge in [-0.1, -0.05) is 19.1 Å². The summed E-state index contributed by atoms with van der Waals surface area (Å²) in [5.74, 6) is 0.240. The number of rotatable bonds is 8. The summed E-state index contributed by atoms with van der Waals surface area (Å²) in [7, 11) is 1.88. The molecule has 2 aromatic rings. The Morgan fingerprint density at radius 2 is 2.14 bits per heavy atom. The van der Waals surface area contributed by atoms with Gasteiger partial charge in [0.15, 0.2) is 17.7 Å². The molecule has 29 heavy (non-hydrogen) atoms. The lowest BCUT2D eigenvalue weighted by Crippen LogP contribution is -2.38. The van der Waals surface area contributed by atoms with Gasteiger partial charge in [0.1, 0.15) is 30.2 Å². The number of hydrogen-bond acceptors (Lipinski definition) is 9. The van der Waals surface area contributed by atoms with E-state index in [0.717, 1.165) is 0 Å². The average molecular weight is 405 g/mol. The van der Waals surface area contributed by atoms with Crippen molar-refractivity contribution >= 4 is 22.9 Å². The van der Waals surface area contributed by atoms with E-state index in [4.69, 9.17) is 10.5 Å². The van der Waals surface area contributed by atoms with Gasteiger partial charge in [0, 0.05) is 26.1 Å². The Bertz CT molecular complexity index is 871. The van der Waals surface area contributed by atoms with Crippen molar-refractivity contribution < 1.29 is 19.7 Å². The Morgan fingerprint density at radius 3 is 2.90 bits per heavy atom. The molecule has 3 heterocycles. The third-order valence-electron chi connectivity index (χ3n) is 4.81. The molecule has 5 N–H and O–H groups in total. The Kier molecular flexibility index (Phi) is 6.75. The molecule has 11 heteroatoms. The molecule has 0 aliphatic carbocycles. The molecule has 158 valence electrons. The topological polar surface area (TPSA) is 152 Å². The smallest absolute Gasteiger partial charge is 0.219 e. The number of nitrogens with zero attached hydrogens (tertiary/aromatic N) is 5. The SMILES string of the molecule is CCC(=O)NC/C=C\CN(C)C[C@H]1O[C@@H](n2cnc3c(N)ncnc32)[C@H](O)[C@@H]1O. The zero-order valence-electron chi connectivity index (χ0n) is 16.5. The van der Waals surface area contributed by atoms with Crippen LogP contribution in [0.3, 0.4) is 0 Å². The van der Waals surface area contributed by atoms with E-state index >= 15 is 0 Å². The number of imidazole rings is 1. The van der Waals surface area contributed by atoms with Crippen molar-refractivity contribution in [3.8, 4) is 0 Å². The first-order valence-electron chi connectivity index (χ1n) is 9.47. The van der Waals surface area contributed by atoms with Crippen LogP contribution < -0.4 is 11.1 Å². The van der Waals surface area contributed by atoms with E-state index in [2.05, 4.69) is 20.3 Å². The van der Waals surface area contributed by atoms with E-state index in [1.165, 1.54) is 12.7 Å². The van der Waals surface area contributed by atoms with Crippen LogP contribution in [-0.2, 0) is 9.53 Å². The predicted molar refractivity (Wildman–Crippen MR) is 106 cm³/mol. The maximum absolute atomic E-state index is 11.2. The van der Waals surface area contributed by atoms with Crippen molar-refractivity contribution in [2.75, 3.05) is 32.4 Å². The maximum atomic E-state index is 11.2. The molecule has 11 nitrogen and oxygen atoms in total. The van der Waals surface area contributed by atoms with Crippen LogP contribution in [0.5, 0.6) is 0 Å². The summed E-state index contributed by atoms with van der Waals surface area (Å²) in [6.07, 6.45) is 3.41. The van der Waals surface area contributed by atoms with Gasteiger partial charge in [-0.3, -0.25) is 9.36 Å². The molecule has 3 rings (SSSR count). The summed E-state index contributed by atoms with van der Waals surface area (Å²) in [5.41, 5.74) is 6.65. The fourth-order valence-corrected chi connectivity index (χ4v) is 3.18. The first-order valence-corrected chi connectivity index (χ1v) is 9.47. The van der Waals surface area contributed by atoms with Crippen molar-refractivity contribution in [3.05, 3.63) is 24.8 Å². The minimum Gasteiger partial charge on any atom is -0.387 e. The predicted octanol–water partition coefficient (Wildman–Crippen LogP) is -0.958. The van der Waals surface area contributed by atoms with Crippen LogP contribution in [0.4, 0.5) is 5.82 Å². The number of aliphatic hydroxyl groups excluding tert-OH is 2. The van der Waals surface area contributed by atoms with Crippen LogP contribution in [-0.4, -0.2) is 85.5 Å². The molecular formula is C18H27N7O4. The Morgan fingerprint density at radius 1 is 1.34 bits per heavy atom. The number of likely N-dealkylation sites (N-methyl/N-ethyl adjacent to an activating group) is 1. The highest BCUT2D eigenvalue weighted by Gasteiger charge is 2.44. The number of nitrogens with two attached hydrogens (primary N) is 1. The van der Waals surface area contributed by atoms with Gasteiger partial charge in [-0.05, 0) is 7.05 Å². The van der Waals surface area contributed by atoms with Gasteiger partial charge in [-0.15, -0.1) is 0 Å². The van der Waals surface area contributed by atoms with Crippen molar-refractivity contribution in [1.29, 1.82) is 0 Å². The monoisotopic (exact) mass is 405 g/mol. The van der Waals surface area contributed by atoms with Crippen LogP contribution in [0.15, 0.2) is 24.8 Å². The number of ether oxygens (including phenoxy) is 1. The van der Waals surface area contributed by atoms with Crippen LogP contribution in [0.2, 0.25) is 0 Å². The van der Waals surface area contributed by atoms with E-state index in [9.17, 15) is 15.0 Å². The van der Waals surface area contributed by atoms with Gasteiger partial charge in [0.2, 0.25) is 5.91 Å². The van der Waals surface area contributed by atoms with Crippen LogP contribution in [0.1, 0.15) is 19.6 Å². The molecule has 1 aliphatic rings. The zero-order valence-corrected chi connectivity index (χ0v) is 16.5. The standard InChI is InChI=1S/C18H27N7O4/c1-3-12(26)20-6-4-5-7-24(2)8-11-14(27)15(28)18(29-11)25-10-23-13-16(19)21-9-22-17(13)25/h4-5,9-11,14-15,18,27-28H,3,6-8H2,1-2H3,(H,20,26)(H2,19,21,22)/b5-4-/t11-,14-,15-,18-/m1/s1. The maximum Gasteiger partial charge on any atom is 0.219 e. The summed E-state index contributed by atoms with van der Waals surface area (Å²) < 4.78 is 7.47. The van der Waals surface area contributed by atoms with Gasteiger partial charge < -0.3 is 30.9 Å². The second kappa shape index (κ2) is 9.27. The molecule has 2 aromatic heterocycles. The van der Waals surface area contributed by atoms with Gasteiger partial charge >= 0.3 is 0 Å². The number of amides is 1. The van der Waals surface area contributed by atoms with Crippen molar-refractivity contribution in [2.45, 2.75) is 37.9 Å². The van der Waals surface area contributed by atoms with E-state index in [1.54, 1.807) is 11.5 Å². The normalized spacial score (nSPS) is 24.7. The van der Waals surface area contributed by atoms with E-state index in [0.29, 0.717) is 37.2 Å². The molecule has 4 atom stereocenters. The molecule has 0 unspecified atom stereocenters. The second-order valence-electron chi connectivity index (χ2n) is 6.98. The summed E-state index contributed by atoms with van der Waals surface area (Å²) in [6.45, 7) is 3.29.